The molecule has 2 aromatic rings. The lowest BCUT2D eigenvalue weighted by molar-refractivity contribution is -0.0414. The van der Waals surface area contributed by atoms with E-state index in [-0.39, 0.29) is 6.04 Å². The molecule has 1 fully saturated rings. The third kappa shape index (κ3) is 3.28. The van der Waals surface area contributed by atoms with Crippen molar-refractivity contribution in [3.8, 4) is 5.75 Å². The average Bonchev–Trinajstić information content (AvgIpc) is 3.24. The SMILES string of the molecule is CC(C)n1cc([C@]2(O)CCCN(Cc3ccc4c(c3)CCO4)C2)nn1. The Morgan fingerprint density at radius 2 is 2.24 bits per heavy atom. The number of rotatable bonds is 4. The molecular weight excluding hydrogens is 316 g/mol. The van der Waals surface area contributed by atoms with Gasteiger partial charge in [-0.15, -0.1) is 5.10 Å². The Morgan fingerprint density at radius 1 is 1.36 bits per heavy atom. The minimum absolute atomic E-state index is 0.248. The van der Waals surface area contributed by atoms with E-state index in [9.17, 15) is 5.11 Å². The number of benzene rings is 1. The lowest BCUT2D eigenvalue weighted by Crippen LogP contribution is -2.45. The number of β-amino-alcohol motifs (C(OH)–C–C–N with tert-alkyl or cyclic N) is 1. The molecule has 6 nitrogen and oxygen atoms in total. The fourth-order valence-electron chi connectivity index (χ4n) is 3.81. The Hall–Kier alpha value is -1.92. The number of likely N-dealkylation sites (tertiary alicyclic amines) is 1. The highest BCUT2D eigenvalue weighted by atomic mass is 16.5. The van der Waals surface area contributed by atoms with Gasteiger partial charge in [0, 0.05) is 25.6 Å². The molecule has 2 aliphatic rings. The highest BCUT2D eigenvalue weighted by molar-refractivity contribution is 5.39. The van der Waals surface area contributed by atoms with Gasteiger partial charge in [-0.25, -0.2) is 4.68 Å². The number of hydrogen-bond donors (Lipinski definition) is 1. The zero-order valence-corrected chi connectivity index (χ0v) is 15.0. The van der Waals surface area contributed by atoms with Crippen LogP contribution in [0.4, 0.5) is 0 Å². The molecule has 4 rings (SSSR count). The van der Waals surface area contributed by atoms with Crippen molar-refractivity contribution in [3.63, 3.8) is 0 Å². The molecule has 0 saturated carbocycles. The van der Waals surface area contributed by atoms with Crippen LogP contribution in [0.1, 0.15) is 49.6 Å². The van der Waals surface area contributed by atoms with E-state index >= 15 is 0 Å². The molecule has 1 saturated heterocycles. The van der Waals surface area contributed by atoms with Gasteiger partial charge in [0.1, 0.15) is 17.0 Å². The zero-order valence-electron chi connectivity index (χ0n) is 15.0. The summed E-state index contributed by atoms with van der Waals surface area (Å²) in [6.45, 7) is 7.34. The van der Waals surface area contributed by atoms with Gasteiger partial charge < -0.3 is 9.84 Å². The molecule has 0 radical (unpaired) electrons. The largest absolute Gasteiger partial charge is 0.493 e. The topological polar surface area (TPSA) is 63.4 Å². The van der Waals surface area contributed by atoms with Crippen LogP contribution in [0.5, 0.6) is 5.75 Å². The molecule has 1 aromatic heterocycles. The number of hydrogen-bond acceptors (Lipinski definition) is 5. The molecule has 0 amide bonds. The average molecular weight is 342 g/mol. The minimum atomic E-state index is -0.911. The van der Waals surface area contributed by atoms with E-state index in [0.717, 1.165) is 44.7 Å². The first-order valence-electron chi connectivity index (χ1n) is 9.15. The molecule has 1 N–H and O–H groups in total. The molecule has 3 heterocycles. The number of nitrogens with zero attached hydrogens (tertiary/aromatic N) is 4. The molecule has 0 bridgehead atoms. The van der Waals surface area contributed by atoms with Crippen molar-refractivity contribution in [1.82, 2.24) is 19.9 Å². The van der Waals surface area contributed by atoms with E-state index < -0.39 is 5.60 Å². The summed E-state index contributed by atoms with van der Waals surface area (Å²) in [6.07, 6.45) is 4.57. The molecule has 0 unspecified atom stereocenters. The summed E-state index contributed by atoms with van der Waals surface area (Å²) in [6, 6.07) is 6.69. The van der Waals surface area contributed by atoms with Crippen LogP contribution in [0.2, 0.25) is 0 Å². The number of aromatic nitrogens is 3. The van der Waals surface area contributed by atoms with E-state index in [0.29, 0.717) is 12.2 Å². The van der Waals surface area contributed by atoms with Crippen molar-refractivity contribution in [3.05, 3.63) is 41.2 Å². The van der Waals surface area contributed by atoms with Gasteiger partial charge in [0.25, 0.3) is 0 Å². The normalized spacial score (nSPS) is 23.7. The van der Waals surface area contributed by atoms with Crippen LogP contribution in [-0.4, -0.2) is 44.7 Å². The van der Waals surface area contributed by atoms with Crippen LogP contribution >= 0.6 is 0 Å². The van der Waals surface area contributed by atoms with E-state index in [2.05, 4.69) is 47.3 Å². The minimum Gasteiger partial charge on any atom is -0.493 e. The van der Waals surface area contributed by atoms with Gasteiger partial charge in [0.05, 0.1) is 12.8 Å². The third-order valence-electron chi connectivity index (χ3n) is 5.23. The second-order valence-corrected chi connectivity index (χ2v) is 7.56. The molecular formula is C19H26N4O2. The predicted octanol–water partition coefficient (Wildman–Crippen LogP) is 2.28. The van der Waals surface area contributed by atoms with E-state index in [1.54, 1.807) is 0 Å². The van der Waals surface area contributed by atoms with Gasteiger partial charge in [-0.1, -0.05) is 17.3 Å². The van der Waals surface area contributed by atoms with Crippen LogP contribution in [0, 0.1) is 0 Å². The maximum absolute atomic E-state index is 11.2. The third-order valence-corrected chi connectivity index (χ3v) is 5.23. The lowest BCUT2D eigenvalue weighted by Gasteiger charge is -2.38. The Morgan fingerprint density at radius 3 is 3.04 bits per heavy atom. The van der Waals surface area contributed by atoms with Gasteiger partial charge in [-0.3, -0.25) is 4.90 Å². The van der Waals surface area contributed by atoms with Gasteiger partial charge in [0.15, 0.2) is 0 Å². The first-order chi connectivity index (χ1) is 12.0. The standard InChI is InChI=1S/C19H26N4O2/c1-14(2)23-12-18(20-21-23)19(24)7-3-8-22(13-19)11-15-4-5-17-16(10-15)6-9-25-17/h4-5,10,12,14,24H,3,6-9,11,13H2,1-2H3/t19-/m0/s1. The number of ether oxygens (including phenoxy) is 1. The van der Waals surface area contributed by atoms with Crippen molar-refractivity contribution in [2.24, 2.45) is 0 Å². The number of aliphatic hydroxyl groups is 1. The Bertz CT molecular complexity index is 758. The van der Waals surface area contributed by atoms with E-state index in [1.807, 2.05) is 10.9 Å². The van der Waals surface area contributed by atoms with Crippen LogP contribution < -0.4 is 4.74 Å². The second-order valence-electron chi connectivity index (χ2n) is 7.56. The maximum atomic E-state index is 11.2. The zero-order chi connectivity index (χ0) is 17.4. The number of fused-ring (bicyclic) bond motifs is 1. The van der Waals surface area contributed by atoms with Crippen molar-refractivity contribution in [1.29, 1.82) is 0 Å². The monoisotopic (exact) mass is 342 g/mol. The lowest BCUT2D eigenvalue weighted by atomic mass is 9.89. The Labute approximate surface area is 148 Å². The van der Waals surface area contributed by atoms with Gasteiger partial charge in [-0.05, 0) is 50.4 Å². The summed E-state index contributed by atoms with van der Waals surface area (Å²) in [4.78, 5) is 2.31. The van der Waals surface area contributed by atoms with Crippen molar-refractivity contribution in [2.75, 3.05) is 19.7 Å². The summed E-state index contributed by atoms with van der Waals surface area (Å²) < 4.78 is 7.40. The van der Waals surface area contributed by atoms with E-state index in [1.165, 1.54) is 11.1 Å². The molecule has 25 heavy (non-hydrogen) atoms. The van der Waals surface area contributed by atoms with Gasteiger partial charge in [-0.2, -0.15) is 0 Å². The van der Waals surface area contributed by atoms with Gasteiger partial charge >= 0.3 is 0 Å². The fraction of sp³-hybridized carbons (Fsp3) is 0.579. The first-order valence-corrected chi connectivity index (χ1v) is 9.15. The summed E-state index contributed by atoms with van der Waals surface area (Å²) in [5.41, 5.74) is 2.35. The summed E-state index contributed by atoms with van der Waals surface area (Å²) in [5, 5.41) is 19.6. The predicted molar refractivity (Wildman–Crippen MR) is 94.5 cm³/mol. The quantitative estimate of drug-likeness (QED) is 0.923. The van der Waals surface area contributed by atoms with E-state index in [4.69, 9.17) is 4.74 Å². The summed E-state index contributed by atoms with van der Waals surface area (Å²) in [7, 11) is 0. The first kappa shape index (κ1) is 16.5. The summed E-state index contributed by atoms with van der Waals surface area (Å²) in [5.74, 6) is 1.02. The second kappa shape index (κ2) is 6.42. The molecule has 1 aromatic carbocycles. The maximum Gasteiger partial charge on any atom is 0.123 e. The molecule has 6 heteroatoms. The van der Waals surface area contributed by atoms with Crippen LogP contribution in [-0.2, 0) is 18.6 Å². The highest BCUT2D eigenvalue weighted by Gasteiger charge is 2.37. The molecule has 1 atom stereocenters. The van der Waals surface area contributed by atoms with Crippen LogP contribution in [0.15, 0.2) is 24.4 Å². The van der Waals surface area contributed by atoms with Crippen molar-refractivity contribution in [2.45, 2.75) is 51.3 Å². The number of piperidine rings is 1. The smallest absolute Gasteiger partial charge is 0.123 e. The van der Waals surface area contributed by atoms with Crippen LogP contribution in [0.3, 0.4) is 0 Å². The van der Waals surface area contributed by atoms with Gasteiger partial charge in [0.2, 0.25) is 0 Å². The molecule has 134 valence electrons. The fourth-order valence-corrected chi connectivity index (χ4v) is 3.81. The Balaban J connectivity index is 1.48. The van der Waals surface area contributed by atoms with Crippen molar-refractivity contribution < 1.29 is 9.84 Å². The Kier molecular flexibility index (Phi) is 4.25. The van der Waals surface area contributed by atoms with Crippen molar-refractivity contribution >= 4 is 0 Å². The highest BCUT2D eigenvalue weighted by Crippen LogP contribution is 2.32. The molecule has 0 spiro atoms. The summed E-state index contributed by atoms with van der Waals surface area (Å²) >= 11 is 0. The van der Waals surface area contributed by atoms with Crippen LogP contribution in [0.25, 0.3) is 0 Å². The molecule has 2 aliphatic heterocycles. The molecule has 0 aliphatic carbocycles.